The SMILES string of the molecule is Cc1cc(S(=O)(=O)N2CCN(C(=O)c3cccc(Cl)c3)CC2)c(C)s1. The van der Waals surface area contributed by atoms with Gasteiger partial charge in [-0.25, -0.2) is 8.42 Å². The monoisotopic (exact) mass is 398 g/mol. The topological polar surface area (TPSA) is 57.7 Å². The zero-order chi connectivity index (χ0) is 18.2. The van der Waals surface area contributed by atoms with Crippen LogP contribution < -0.4 is 0 Å². The summed E-state index contributed by atoms with van der Waals surface area (Å²) in [7, 11) is -3.51. The summed E-state index contributed by atoms with van der Waals surface area (Å²) >= 11 is 7.42. The zero-order valence-corrected chi connectivity index (χ0v) is 16.4. The van der Waals surface area contributed by atoms with Gasteiger partial charge in [-0.1, -0.05) is 17.7 Å². The first-order chi connectivity index (χ1) is 11.8. The van der Waals surface area contributed by atoms with Crippen LogP contribution in [-0.4, -0.2) is 49.7 Å². The molecule has 1 saturated heterocycles. The van der Waals surface area contributed by atoms with Crippen LogP contribution in [0.2, 0.25) is 5.02 Å². The summed E-state index contributed by atoms with van der Waals surface area (Å²) in [5, 5.41) is 0.510. The summed E-state index contributed by atoms with van der Waals surface area (Å²) in [4.78, 5) is 16.4. The number of carbonyl (C=O) groups is 1. The Kier molecular flexibility index (Phi) is 5.20. The predicted molar refractivity (Wildman–Crippen MR) is 99.9 cm³/mol. The molecule has 0 aliphatic carbocycles. The summed E-state index contributed by atoms with van der Waals surface area (Å²) in [5.41, 5.74) is 0.521. The number of hydrogen-bond acceptors (Lipinski definition) is 4. The average Bonchev–Trinajstić information content (AvgIpc) is 2.93. The molecule has 1 aromatic carbocycles. The number of carbonyl (C=O) groups excluding carboxylic acids is 1. The second kappa shape index (κ2) is 7.07. The van der Waals surface area contributed by atoms with E-state index >= 15 is 0 Å². The number of hydrogen-bond donors (Lipinski definition) is 0. The minimum absolute atomic E-state index is 0.123. The molecule has 0 bridgehead atoms. The number of sulfonamides is 1. The first kappa shape index (κ1) is 18.4. The van der Waals surface area contributed by atoms with Crippen LogP contribution in [0.1, 0.15) is 20.1 Å². The molecular formula is C17H19ClN2O3S2. The summed E-state index contributed by atoms with van der Waals surface area (Å²) in [6.45, 7) is 5.05. The standard InChI is InChI=1S/C17H19ClN2O3S2/c1-12-10-16(13(2)24-12)25(22,23)20-8-6-19(7-9-20)17(21)14-4-3-5-15(18)11-14/h3-5,10-11H,6-9H2,1-2H3. The van der Waals surface area contributed by atoms with Crippen LogP contribution in [-0.2, 0) is 10.0 Å². The first-order valence-electron chi connectivity index (χ1n) is 7.91. The fraction of sp³-hybridized carbons (Fsp3) is 0.353. The highest BCUT2D eigenvalue weighted by Gasteiger charge is 2.32. The van der Waals surface area contributed by atoms with E-state index in [0.29, 0.717) is 41.7 Å². The molecule has 5 nitrogen and oxygen atoms in total. The van der Waals surface area contributed by atoms with Gasteiger partial charge in [-0.05, 0) is 38.1 Å². The number of nitrogens with zero attached hydrogens (tertiary/aromatic N) is 2. The van der Waals surface area contributed by atoms with E-state index in [-0.39, 0.29) is 5.91 Å². The molecule has 1 aliphatic heterocycles. The van der Waals surface area contributed by atoms with E-state index in [1.165, 1.54) is 15.6 Å². The van der Waals surface area contributed by atoms with Crippen molar-refractivity contribution in [3.63, 3.8) is 0 Å². The molecule has 2 heterocycles. The van der Waals surface area contributed by atoms with Gasteiger partial charge in [-0.15, -0.1) is 11.3 Å². The largest absolute Gasteiger partial charge is 0.336 e. The van der Waals surface area contributed by atoms with Gasteiger partial charge in [0.25, 0.3) is 5.91 Å². The quantitative estimate of drug-likeness (QED) is 0.797. The van der Waals surface area contributed by atoms with Crippen molar-refractivity contribution in [2.24, 2.45) is 0 Å². The van der Waals surface area contributed by atoms with E-state index in [4.69, 9.17) is 11.6 Å². The van der Waals surface area contributed by atoms with Gasteiger partial charge in [-0.2, -0.15) is 4.31 Å². The first-order valence-corrected chi connectivity index (χ1v) is 10.5. The molecule has 1 aliphatic rings. The Labute approximate surface area is 156 Å². The number of benzene rings is 1. The second-order valence-electron chi connectivity index (χ2n) is 5.98. The van der Waals surface area contributed by atoms with E-state index < -0.39 is 10.0 Å². The molecule has 134 valence electrons. The molecule has 0 N–H and O–H groups in total. The van der Waals surface area contributed by atoms with Crippen molar-refractivity contribution in [1.82, 2.24) is 9.21 Å². The van der Waals surface area contributed by atoms with Gasteiger partial charge in [0.1, 0.15) is 0 Å². The molecule has 2 aromatic rings. The van der Waals surface area contributed by atoms with Crippen LogP contribution in [0.25, 0.3) is 0 Å². The molecule has 1 aromatic heterocycles. The van der Waals surface area contributed by atoms with Crippen LogP contribution in [0, 0.1) is 13.8 Å². The Morgan fingerprint density at radius 1 is 1.12 bits per heavy atom. The Balaban J connectivity index is 1.71. The minimum atomic E-state index is -3.51. The summed E-state index contributed by atoms with van der Waals surface area (Å²) in [6, 6.07) is 8.52. The van der Waals surface area contributed by atoms with Crippen LogP contribution in [0.5, 0.6) is 0 Å². The predicted octanol–water partition coefficient (Wildman–Crippen LogP) is 3.17. The highest BCUT2D eigenvalue weighted by atomic mass is 35.5. The number of thiophene rings is 1. The maximum Gasteiger partial charge on any atom is 0.253 e. The number of rotatable bonds is 3. The van der Waals surface area contributed by atoms with Gasteiger partial charge in [0.15, 0.2) is 0 Å². The molecular weight excluding hydrogens is 380 g/mol. The molecule has 0 spiro atoms. The number of amides is 1. The van der Waals surface area contributed by atoms with Crippen LogP contribution in [0.3, 0.4) is 0 Å². The fourth-order valence-electron chi connectivity index (χ4n) is 2.94. The molecule has 0 atom stereocenters. The number of aryl methyl sites for hydroxylation is 2. The Hall–Kier alpha value is -1.41. The normalized spacial score (nSPS) is 16.2. The maximum absolute atomic E-state index is 12.8. The Morgan fingerprint density at radius 2 is 1.80 bits per heavy atom. The Morgan fingerprint density at radius 3 is 2.36 bits per heavy atom. The number of piperazine rings is 1. The Bertz CT molecular complexity index is 900. The van der Waals surface area contributed by atoms with Crippen molar-refractivity contribution in [2.45, 2.75) is 18.7 Å². The van der Waals surface area contributed by atoms with Crippen LogP contribution >= 0.6 is 22.9 Å². The summed E-state index contributed by atoms with van der Waals surface area (Å²) in [6.07, 6.45) is 0. The maximum atomic E-state index is 12.8. The molecule has 0 unspecified atom stereocenters. The highest BCUT2D eigenvalue weighted by molar-refractivity contribution is 7.89. The lowest BCUT2D eigenvalue weighted by atomic mass is 10.2. The zero-order valence-electron chi connectivity index (χ0n) is 14.0. The third-order valence-corrected chi connectivity index (χ3v) is 7.57. The molecule has 1 fully saturated rings. The van der Waals surface area contributed by atoms with Crippen molar-refractivity contribution < 1.29 is 13.2 Å². The average molecular weight is 399 g/mol. The third kappa shape index (κ3) is 3.74. The summed E-state index contributed by atoms with van der Waals surface area (Å²) < 4.78 is 27.1. The van der Waals surface area contributed by atoms with Crippen molar-refractivity contribution in [3.8, 4) is 0 Å². The number of halogens is 1. The van der Waals surface area contributed by atoms with Crippen LogP contribution in [0.15, 0.2) is 35.2 Å². The van der Waals surface area contributed by atoms with E-state index in [1.807, 2.05) is 13.8 Å². The molecule has 25 heavy (non-hydrogen) atoms. The smallest absolute Gasteiger partial charge is 0.253 e. The lowest BCUT2D eigenvalue weighted by Crippen LogP contribution is -2.50. The lowest BCUT2D eigenvalue weighted by molar-refractivity contribution is 0.0698. The molecule has 3 rings (SSSR count). The van der Waals surface area contributed by atoms with Crippen molar-refractivity contribution in [2.75, 3.05) is 26.2 Å². The molecule has 0 saturated carbocycles. The van der Waals surface area contributed by atoms with E-state index in [2.05, 4.69) is 0 Å². The van der Waals surface area contributed by atoms with Gasteiger partial charge in [0.2, 0.25) is 10.0 Å². The van der Waals surface area contributed by atoms with Gasteiger partial charge >= 0.3 is 0 Å². The van der Waals surface area contributed by atoms with Crippen LogP contribution in [0.4, 0.5) is 0 Å². The lowest BCUT2D eigenvalue weighted by Gasteiger charge is -2.34. The summed E-state index contributed by atoms with van der Waals surface area (Å²) in [5.74, 6) is -0.123. The van der Waals surface area contributed by atoms with Gasteiger partial charge in [0, 0.05) is 46.5 Å². The third-order valence-electron chi connectivity index (χ3n) is 4.21. The minimum Gasteiger partial charge on any atom is -0.336 e. The van der Waals surface area contributed by atoms with Gasteiger partial charge in [0.05, 0.1) is 4.90 Å². The highest BCUT2D eigenvalue weighted by Crippen LogP contribution is 2.28. The van der Waals surface area contributed by atoms with Gasteiger partial charge < -0.3 is 4.90 Å². The fourth-order valence-corrected chi connectivity index (χ4v) is 6.07. The second-order valence-corrected chi connectivity index (χ2v) is 9.79. The van der Waals surface area contributed by atoms with Crippen molar-refractivity contribution in [1.29, 1.82) is 0 Å². The van der Waals surface area contributed by atoms with Gasteiger partial charge in [-0.3, -0.25) is 4.79 Å². The van der Waals surface area contributed by atoms with E-state index in [1.54, 1.807) is 35.2 Å². The van der Waals surface area contributed by atoms with Crippen molar-refractivity contribution in [3.05, 3.63) is 50.7 Å². The van der Waals surface area contributed by atoms with Crippen molar-refractivity contribution >= 4 is 38.9 Å². The van der Waals surface area contributed by atoms with E-state index in [9.17, 15) is 13.2 Å². The molecule has 8 heteroatoms. The van der Waals surface area contributed by atoms with E-state index in [0.717, 1.165) is 9.75 Å². The molecule has 1 amide bonds. The molecule has 0 radical (unpaired) electrons.